The van der Waals surface area contributed by atoms with Crippen LogP contribution >= 0.6 is 0 Å². The summed E-state index contributed by atoms with van der Waals surface area (Å²) in [6.07, 6.45) is 4.06. The van der Waals surface area contributed by atoms with Gasteiger partial charge in [0.15, 0.2) is 5.69 Å². The number of fused-ring (bicyclic) bond motifs is 1. The number of hydrogen-bond donors (Lipinski definition) is 0. The molecule has 20 heavy (non-hydrogen) atoms. The molecule has 0 amide bonds. The number of ether oxygens (including phenoxy) is 2. The van der Waals surface area contributed by atoms with Gasteiger partial charge in [-0.2, -0.15) is 0 Å². The van der Waals surface area contributed by atoms with Crippen LogP contribution < -0.4 is 4.74 Å². The molecule has 3 rings (SSSR count). The largest absolute Gasteiger partial charge is 0.493 e. The van der Waals surface area contributed by atoms with E-state index in [0.717, 1.165) is 11.3 Å². The van der Waals surface area contributed by atoms with E-state index in [1.807, 2.05) is 31.2 Å². The first-order valence-corrected chi connectivity index (χ1v) is 6.44. The average molecular weight is 270 g/mol. The van der Waals surface area contributed by atoms with E-state index in [0.29, 0.717) is 6.61 Å². The molecular formula is C15H14N2O3. The van der Waals surface area contributed by atoms with Gasteiger partial charge in [-0.05, 0) is 6.07 Å². The van der Waals surface area contributed by atoms with Gasteiger partial charge >= 0.3 is 5.97 Å². The van der Waals surface area contributed by atoms with Crippen LogP contribution in [0, 0.1) is 5.92 Å². The first kappa shape index (κ1) is 12.6. The molecule has 0 aliphatic carbocycles. The Bertz CT molecular complexity index is 616. The number of nitrogens with zero attached hydrogens (tertiary/aromatic N) is 2. The van der Waals surface area contributed by atoms with Crippen molar-refractivity contribution in [2.24, 2.45) is 5.92 Å². The maximum Gasteiger partial charge on any atom is 0.359 e. The van der Waals surface area contributed by atoms with E-state index in [2.05, 4.69) is 9.97 Å². The number of esters is 1. The summed E-state index contributed by atoms with van der Waals surface area (Å²) < 4.78 is 11.2. The third-order valence-electron chi connectivity index (χ3n) is 3.25. The maximum atomic E-state index is 12.1. The van der Waals surface area contributed by atoms with E-state index in [9.17, 15) is 4.79 Å². The molecule has 0 radical (unpaired) electrons. The highest BCUT2D eigenvalue weighted by Crippen LogP contribution is 2.37. The molecule has 0 bridgehead atoms. The molecule has 0 fully saturated rings. The highest BCUT2D eigenvalue weighted by Gasteiger charge is 2.31. The molecule has 102 valence electrons. The van der Waals surface area contributed by atoms with Crippen molar-refractivity contribution in [1.29, 1.82) is 0 Å². The van der Waals surface area contributed by atoms with Gasteiger partial charge in [0.2, 0.25) is 0 Å². The van der Waals surface area contributed by atoms with Crippen molar-refractivity contribution in [2.45, 2.75) is 13.0 Å². The van der Waals surface area contributed by atoms with Crippen molar-refractivity contribution in [2.75, 3.05) is 6.61 Å². The van der Waals surface area contributed by atoms with Crippen molar-refractivity contribution in [3.8, 4) is 5.75 Å². The minimum Gasteiger partial charge on any atom is -0.493 e. The fraction of sp³-hybridized carbons (Fsp3) is 0.267. The Labute approximate surface area is 116 Å². The maximum absolute atomic E-state index is 12.1. The number of carbonyl (C=O) groups excluding carboxylic acids is 1. The molecule has 1 aromatic heterocycles. The van der Waals surface area contributed by atoms with Gasteiger partial charge in [-0.1, -0.05) is 25.1 Å². The molecule has 1 aromatic carbocycles. The lowest BCUT2D eigenvalue weighted by molar-refractivity contribution is -0.000843. The van der Waals surface area contributed by atoms with Gasteiger partial charge in [0.25, 0.3) is 0 Å². The molecule has 2 heterocycles. The molecule has 1 aliphatic heterocycles. The lowest BCUT2D eigenvalue weighted by Crippen LogP contribution is -2.27. The van der Waals surface area contributed by atoms with Crippen LogP contribution in [0.1, 0.15) is 29.1 Å². The number of para-hydroxylation sites is 1. The molecule has 2 aromatic rings. The summed E-state index contributed by atoms with van der Waals surface area (Å²) in [6.45, 7) is 2.51. The van der Waals surface area contributed by atoms with Gasteiger partial charge in [-0.3, -0.25) is 4.98 Å². The van der Waals surface area contributed by atoms with E-state index in [1.54, 1.807) is 0 Å². The van der Waals surface area contributed by atoms with Crippen LogP contribution in [0.4, 0.5) is 0 Å². The Morgan fingerprint density at radius 2 is 2.20 bits per heavy atom. The molecule has 0 saturated heterocycles. The van der Waals surface area contributed by atoms with E-state index in [4.69, 9.17) is 9.47 Å². The van der Waals surface area contributed by atoms with E-state index in [1.165, 1.54) is 18.6 Å². The fourth-order valence-corrected chi connectivity index (χ4v) is 2.22. The highest BCUT2D eigenvalue weighted by atomic mass is 16.6. The molecule has 2 atom stereocenters. The van der Waals surface area contributed by atoms with Crippen molar-refractivity contribution < 1.29 is 14.3 Å². The molecule has 1 aliphatic rings. The first-order chi connectivity index (χ1) is 9.75. The number of benzene rings is 1. The van der Waals surface area contributed by atoms with Gasteiger partial charge in [-0.25, -0.2) is 9.78 Å². The summed E-state index contributed by atoms with van der Waals surface area (Å²) in [6, 6.07) is 7.60. The summed E-state index contributed by atoms with van der Waals surface area (Å²) in [7, 11) is 0. The van der Waals surface area contributed by atoms with Crippen LogP contribution in [-0.2, 0) is 4.74 Å². The fourth-order valence-electron chi connectivity index (χ4n) is 2.22. The minimum absolute atomic E-state index is 0.0884. The number of carbonyl (C=O) groups is 1. The van der Waals surface area contributed by atoms with E-state index < -0.39 is 5.97 Å². The van der Waals surface area contributed by atoms with Crippen molar-refractivity contribution in [3.05, 3.63) is 54.1 Å². The van der Waals surface area contributed by atoms with Crippen LogP contribution in [0.25, 0.3) is 0 Å². The van der Waals surface area contributed by atoms with Crippen LogP contribution in [0.3, 0.4) is 0 Å². The van der Waals surface area contributed by atoms with Gasteiger partial charge in [0.05, 0.1) is 12.8 Å². The normalized spacial score (nSPS) is 20.6. The Morgan fingerprint density at radius 3 is 3.00 bits per heavy atom. The lowest BCUT2D eigenvalue weighted by Gasteiger charge is -2.30. The second kappa shape index (κ2) is 5.28. The van der Waals surface area contributed by atoms with Gasteiger partial charge in [0.1, 0.15) is 11.9 Å². The zero-order valence-corrected chi connectivity index (χ0v) is 11.0. The van der Waals surface area contributed by atoms with Crippen molar-refractivity contribution >= 4 is 5.97 Å². The topological polar surface area (TPSA) is 61.3 Å². The predicted octanol–water partition coefficient (Wildman–Crippen LogP) is 2.40. The standard InChI is InChI=1S/C15H14N2O3/c1-10-9-19-13-5-3-2-4-11(13)14(10)20-15(18)12-8-16-6-7-17-12/h2-8,10,14H,9H2,1H3/t10-,14-/m1/s1. The molecule has 5 heteroatoms. The Kier molecular flexibility index (Phi) is 3.33. The van der Waals surface area contributed by atoms with Crippen LogP contribution in [0.15, 0.2) is 42.9 Å². The van der Waals surface area contributed by atoms with Gasteiger partial charge in [-0.15, -0.1) is 0 Å². The summed E-state index contributed by atoms with van der Waals surface area (Å²) in [5.74, 6) is 0.389. The second-order valence-corrected chi connectivity index (χ2v) is 4.74. The molecular weight excluding hydrogens is 256 g/mol. The summed E-state index contributed by atoms with van der Waals surface area (Å²) >= 11 is 0. The third kappa shape index (κ3) is 2.34. The monoisotopic (exact) mass is 270 g/mol. The Hall–Kier alpha value is -2.43. The second-order valence-electron chi connectivity index (χ2n) is 4.74. The lowest BCUT2D eigenvalue weighted by atomic mass is 9.94. The smallest absolute Gasteiger partial charge is 0.359 e. The summed E-state index contributed by atoms with van der Waals surface area (Å²) in [5, 5.41) is 0. The van der Waals surface area contributed by atoms with Crippen LogP contribution in [0.2, 0.25) is 0 Å². The Morgan fingerprint density at radius 1 is 1.35 bits per heavy atom. The van der Waals surface area contributed by atoms with Crippen molar-refractivity contribution in [3.63, 3.8) is 0 Å². The molecule has 0 unspecified atom stereocenters. The van der Waals surface area contributed by atoms with Crippen LogP contribution in [0.5, 0.6) is 5.75 Å². The zero-order chi connectivity index (χ0) is 13.9. The number of hydrogen-bond acceptors (Lipinski definition) is 5. The highest BCUT2D eigenvalue weighted by molar-refractivity contribution is 5.87. The molecule has 0 spiro atoms. The zero-order valence-electron chi connectivity index (χ0n) is 11.0. The van der Waals surface area contributed by atoms with Gasteiger partial charge in [0, 0.05) is 23.9 Å². The number of aromatic nitrogens is 2. The minimum atomic E-state index is -0.466. The first-order valence-electron chi connectivity index (χ1n) is 6.44. The molecule has 0 saturated carbocycles. The molecule has 0 N–H and O–H groups in total. The van der Waals surface area contributed by atoms with E-state index >= 15 is 0 Å². The van der Waals surface area contributed by atoms with E-state index in [-0.39, 0.29) is 17.7 Å². The third-order valence-corrected chi connectivity index (χ3v) is 3.25. The Balaban J connectivity index is 1.85. The number of rotatable bonds is 2. The SMILES string of the molecule is C[C@@H]1COc2ccccc2[C@@H]1OC(=O)c1cnccn1. The average Bonchev–Trinajstić information content (AvgIpc) is 2.51. The van der Waals surface area contributed by atoms with Gasteiger partial charge < -0.3 is 9.47 Å². The molecule has 5 nitrogen and oxygen atoms in total. The summed E-state index contributed by atoms with van der Waals surface area (Å²) in [5.41, 5.74) is 1.10. The predicted molar refractivity (Wildman–Crippen MR) is 71.3 cm³/mol. The quantitative estimate of drug-likeness (QED) is 0.784. The van der Waals surface area contributed by atoms with Crippen molar-refractivity contribution in [1.82, 2.24) is 9.97 Å². The summed E-state index contributed by atoms with van der Waals surface area (Å²) in [4.78, 5) is 19.9. The van der Waals surface area contributed by atoms with Crippen LogP contribution in [-0.4, -0.2) is 22.5 Å².